The van der Waals surface area contributed by atoms with Gasteiger partial charge in [-0.3, -0.25) is 9.58 Å². The van der Waals surface area contributed by atoms with E-state index in [9.17, 15) is 0 Å². The fourth-order valence-electron chi connectivity index (χ4n) is 3.51. The minimum atomic E-state index is 0.675. The van der Waals surface area contributed by atoms with Gasteiger partial charge in [0.05, 0.1) is 11.7 Å². The molecular weight excluding hydrogens is 302 g/mol. The number of halogens is 1. The molecule has 3 rings (SSSR count). The number of alkyl halides is 1. The van der Waals surface area contributed by atoms with Crippen LogP contribution in [0.15, 0.2) is 12.3 Å². The van der Waals surface area contributed by atoms with E-state index in [1.165, 1.54) is 57.3 Å². The molecule has 1 unspecified atom stereocenters. The third-order valence-electron chi connectivity index (χ3n) is 4.64. The molecule has 19 heavy (non-hydrogen) atoms. The lowest BCUT2D eigenvalue weighted by atomic mass is 10.1. The Morgan fingerprint density at radius 2 is 2.11 bits per heavy atom. The predicted octanol–water partition coefficient (Wildman–Crippen LogP) is 3.61. The maximum Gasteiger partial charge on any atom is 0.0764 e. The van der Waals surface area contributed by atoms with Crippen molar-refractivity contribution in [2.75, 3.05) is 18.4 Å². The van der Waals surface area contributed by atoms with Crippen LogP contribution in [0.1, 0.15) is 50.3 Å². The Kier molecular flexibility index (Phi) is 4.59. The molecule has 0 amide bonds. The lowest BCUT2D eigenvalue weighted by molar-refractivity contribution is 0.309. The summed E-state index contributed by atoms with van der Waals surface area (Å²) in [6.07, 6.45) is 10.2. The molecule has 1 atom stereocenters. The van der Waals surface area contributed by atoms with Crippen molar-refractivity contribution in [3.8, 4) is 0 Å². The Bertz CT molecular complexity index is 398. The van der Waals surface area contributed by atoms with Crippen LogP contribution in [-0.4, -0.2) is 33.1 Å². The van der Waals surface area contributed by atoms with Crippen LogP contribution in [0, 0.1) is 5.92 Å². The van der Waals surface area contributed by atoms with Gasteiger partial charge in [-0.2, -0.15) is 5.10 Å². The minimum Gasteiger partial charge on any atom is -0.297 e. The van der Waals surface area contributed by atoms with E-state index in [-0.39, 0.29) is 0 Å². The second-order valence-electron chi connectivity index (χ2n) is 6.09. The largest absolute Gasteiger partial charge is 0.297 e. The Balaban J connectivity index is 1.53. The van der Waals surface area contributed by atoms with Crippen molar-refractivity contribution < 1.29 is 0 Å². The average molecular weight is 326 g/mol. The number of nitrogens with zero attached hydrogens (tertiary/aromatic N) is 3. The molecule has 1 aromatic heterocycles. The molecule has 0 radical (unpaired) electrons. The molecule has 2 aliphatic rings. The standard InChI is InChI=1S/C15H24BrN3/c16-8-5-13-6-9-18(11-13)12-14-7-10-19(17-14)15-3-1-2-4-15/h7,10,13,15H,1-6,8-9,11-12H2. The summed E-state index contributed by atoms with van der Waals surface area (Å²) in [5, 5.41) is 5.93. The molecule has 3 nitrogen and oxygen atoms in total. The van der Waals surface area contributed by atoms with E-state index in [1.807, 2.05) is 0 Å². The van der Waals surface area contributed by atoms with Crippen LogP contribution < -0.4 is 0 Å². The normalized spacial score (nSPS) is 25.4. The zero-order valence-corrected chi connectivity index (χ0v) is 13.2. The zero-order chi connectivity index (χ0) is 13.1. The van der Waals surface area contributed by atoms with Gasteiger partial charge in [-0.25, -0.2) is 0 Å². The average Bonchev–Trinajstić information content (AvgIpc) is 3.10. The van der Waals surface area contributed by atoms with Crippen molar-refractivity contribution in [1.29, 1.82) is 0 Å². The van der Waals surface area contributed by atoms with E-state index < -0.39 is 0 Å². The number of likely N-dealkylation sites (tertiary alicyclic amines) is 1. The van der Waals surface area contributed by atoms with Crippen LogP contribution in [0.2, 0.25) is 0 Å². The second kappa shape index (κ2) is 6.40. The molecule has 106 valence electrons. The monoisotopic (exact) mass is 325 g/mol. The number of hydrogen-bond donors (Lipinski definition) is 0. The molecule has 0 bridgehead atoms. The first kappa shape index (κ1) is 13.6. The first-order valence-electron chi connectivity index (χ1n) is 7.67. The maximum absolute atomic E-state index is 4.79. The summed E-state index contributed by atoms with van der Waals surface area (Å²) in [7, 11) is 0. The van der Waals surface area contributed by atoms with Gasteiger partial charge < -0.3 is 0 Å². The third-order valence-corrected chi connectivity index (χ3v) is 5.09. The van der Waals surface area contributed by atoms with Crippen LogP contribution in [-0.2, 0) is 6.54 Å². The molecule has 0 aromatic carbocycles. The molecule has 1 aromatic rings. The van der Waals surface area contributed by atoms with E-state index in [4.69, 9.17) is 5.10 Å². The van der Waals surface area contributed by atoms with Crippen LogP contribution in [0.25, 0.3) is 0 Å². The molecule has 2 heterocycles. The summed E-state index contributed by atoms with van der Waals surface area (Å²) in [6, 6.07) is 2.89. The smallest absolute Gasteiger partial charge is 0.0764 e. The van der Waals surface area contributed by atoms with E-state index in [2.05, 4.69) is 37.8 Å². The van der Waals surface area contributed by atoms with Gasteiger partial charge in [-0.15, -0.1) is 0 Å². The Morgan fingerprint density at radius 3 is 2.89 bits per heavy atom. The zero-order valence-electron chi connectivity index (χ0n) is 11.6. The van der Waals surface area contributed by atoms with Gasteiger partial charge >= 0.3 is 0 Å². The van der Waals surface area contributed by atoms with Crippen LogP contribution >= 0.6 is 15.9 Å². The quantitative estimate of drug-likeness (QED) is 0.771. The second-order valence-corrected chi connectivity index (χ2v) is 6.89. The SMILES string of the molecule is BrCCC1CCN(Cc2ccn(C3CCCC3)n2)C1. The van der Waals surface area contributed by atoms with Crippen LogP contribution in [0.4, 0.5) is 0 Å². The summed E-state index contributed by atoms with van der Waals surface area (Å²) in [4.78, 5) is 2.56. The topological polar surface area (TPSA) is 21.1 Å². The Morgan fingerprint density at radius 1 is 1.26 bits per heavy atom. The van der Waals surface area contributed by atoms with Crippen molar-refractivity contribution in [2.24, 2.45) is 5.92 Å². The Labute approximate surface area is 124 Å². The van der Waals surface area contributed by atoms with Gasteiger partial charge in [-0.05, 0) is 44.2 Å². The number of aromatic nitrogens is 2. The lowest BCUT2D eigenvalue weighted by Gasteiger charge is -2.14. The highest BCUT2D eigenvalue weighted by Gasteiger charge is 2.23. The third kappa shape index (κ3) is 3.40. The first-order chi connectivity index (χ1) is 9.35. The fourth-order valence-corrected chi connectivity index (χ4v) is 4.16. The lowest BCUT2D eigenvalue weighted by Crippen LogP contribution is -2.20. The molecule has 4 heteroatoms. The van der Waals surface area contributed by atoms with Crippen molar-refractivity contribution in [3.63, 3.8) is 0 Å². The van der Waals surface area contributed by atoms with Crippen molar-refractivity contribution in [1.82, 2.24) is 14.7 Å². The Hall–Kier alpha value is -0.350. The maximum atomic E-state index is 4.79. The predicted molar refractivity (Wildman–Crippen MR) is 81.5 cm³/mol. The van der Waals surface area contributed by atoms with E-state index in [0.717, 1.165) is 17.8 Å². The fraction of sp³-hybridized carbons (Fsp3) is 0.800. The summed E-state index contributed by atoms with van der Waals surface area (Å²) in [5.74, 6) is 0.885. The molecular formula is C15H24BrN3. The number of rotatable bonds is 5. The van der Waals surface area contributed by atoms with E-state index in [1.54, 1.807) is 0 Å². The molecule has 0 spiro atoms. The summed E-state index contributed by atoms with van der Waals surface area (Å²) < 4.78 is 2.22. The van der Waals surface area contributed by atoms with Crippen molar-refractivity contribution >= 4 is 15.9 Å². The van der Waals surface area contributed by atoms with Gasteiger partial charge in [0.1, 0.15) is 0 Å². The number of hydrogen-bond acceptors (Lipinski definition) is 2. The minimum absolute atomic E-state index is 0.675. The summed E-state index contributed by atoms with van der Waals surface area (Å²) in [6.45, 7) is 3.54. The molecule has 1 saturated heterocycles. The molecule has 2 fully saturated rings. The van der Waals surface area contributed by atoms with Gasteiger partial charge in [-0.1, -0.05) is 28.8 Å². The molecule has 1 saturated carbocycles. The van der Waals surface area contributed by atoms with Gasteiger partial charge in [0.25, 0.3) is 0 Å². The van der Waals surface area contributed by atoms with Gasteiger partial charge in [0.2, 0.25) is 0 Å². The first-order valence-corrected chi connectivity index (χ1v) is 8.79. The molecule has 1 aliphatic carbocycles. The summed E-state index contributed by atoms with van der Waals surface area (Å²) >= 11 is 3.55. The van der Waals surface area contributed by atoms with Crippen LogP contribution in [0.3, 0.4) is 0 Å². The highest BCUT2D eigenvalue weighted by molar-refractivity contribution is 9.09. The highest BCUT2D eigenvalue weighted by Crippen LogP contribution is 2.29. The molecule has 1 aliphatic heterocycles. The van der Waals surface area contributed by atoms with E-state index >= 15 is 0 Å². The summed E-state index contributed by atoms with van der Waals surface area (Å²) in [5.41, 5.74) is 1.26. The van der Waals surface area contributed by atoms with Gasteiger partial charge in [0.15, 0.2) is 0 Å². The van der Waals surface area contributed by atoms with E-state index in [0.29, 0.717) is 6.04 Å². The van der Waals surface area contributed by atoms with Crippen molar-refractivity contribution in [2.45, 2.75) is 51.1 Å². The molecule has 0 N–H and O–H groups in total. The highest BCUT2D eigenvalue weighted by atomic mass is 79.9. The van der Waals surface area contributed by atoms with Crippen LogP contribution in [0.5, 0.6) is 0 Å². The van der Waals surface area contributed by atoms with Gasteiger partial charge in [0, 0.05) is 24.6 Å². The van der Waals surface area contributed by atoms with Crippen molar-refractivity contribution in [3.05, 3.63) is 18.0 Å².